The van der Waals surface area contributed by atoms with Gasteiger partial charge in [-0.15, -0.1) is 11.3 Å². The van der Waals surface area contributed by atoms with E-state index in [1.807, 2.05) is 11.3 Å². The number of nitrogens with zero attached hydrogens (tertiary/aromatic N) is 1. The lowest BCUT2D eigenvalue weighted by Gasteiger charge is -2.09. The van der Waals surface area contributed by atoms with E-state index < -0.39 is 0 Å². The van der Waals surface area contributed by atoms with Crippen molar-refractivity contribution in [3.63, 3.8) is 0 Å². The molecule has 0 saturated heterocycles. The number of thiophene rings is 1. The Morgan fingerprint density at radius 1 is 0.545 bits per heavy atom. The molecule has 5 aromatic carbocycles. The molecule has 0 aliphatic carbocycles. The van der Waals surface area contributed by atoms with E-state index in [4.69, 9.17) is 0 Å². The average Bonchev–Trinajstić information content (AvgIpc) is 3.40. The maximum atomic E-state index is 2.37. The Balaban J connectivity index is 1.51. The van der Waals surface area contributed by atoms with Crippen molar-refractivity contribution in [1.29, 1.82) is 0 Å². The summed E-state index contributed by atoms with van der Waals surface area (Å²) in [5, 5.41) is 5.29. The maximum Gasteiger partial charge on any atom is 0.141 e. The standard InChI is InChI=1S/C30H20BNS/c31-26-18-20(17-25-23-11-5-7-13-29(23)33-30(25)26)19-14-15-28-24(16-19)22-10-4-6-12-27(22)32(28)21-8-2-1-3-9-21/h1-18H,31H2. The summed E-state index contributed by atoms with van der Waals surface area (Å²) in [6, 6.07) is 39.7. The van der Waals surface area contributed by atoms with Crippen molar-refractivity contribution in [2.45, 2.75) is 0 Å². The Morgan fingerprint density at radius 2 is 1.24 bits per heavy atom. The van der Waals surface area contributed by atoms with Crippen LogP contribution in [0.3, 0.4) is 0 Å². The number of para-hydroxylation sites is 2. The zero-order valence-corrected chi connectivity index (χ0v) is 19.1. The van der Waals surface area contributed by atoms with Gasteiger partial charge in [0, 0.05) is 36.6 Å². The fourth-order valence-electron chi connectivity index (χ4n) is 5.17. The molecular weight excluding hydrogens is 417 g/mol. The first-order chi connectivity index (χ1) is 16.3. The molecule has 0 fully saturated rings. The van der Waals surface area contributed by atoms with Gasteiger partial charge in [0.25, 0.3) is 0 Å². The highest BCUT2D eigenvalue weighted by Gasteiger charge is 2.14. The van der Waals surface area contributed by atoms with Crippen LogP contribution in [0.2, 0.25) is 0 Å². The van der Waals surface area contributed by atoms with E-state index in [-0.39, 0.29) is 0 Å². The van der Waals surface area contributed by atoms with Gasteiger partial charge < -0.3 is 4.57 Å². The molecule has 7 rings (SSSR count). The van der Waals surface area contributed by atoms with Crippen LogP contribution in [0.1, 0.15) is 0 Å². The quantitative estimate of drug-likeness (QED) is 0.255. The molecular formula is C30H20BNS. The van der Waals surface area contributed by atoms with Crippen LogP contribution in [-0.4, -0.2) is 12.4 Å². The molecule has 7 aromatic rings. The van der Waals surface area contributed by atoms with Crippen LogP contribution >= 0.6 is 11.3 Å². The highest BCUT2D eigenvalue weighted by Crippen LogP contribution is 2.38. The lowest BCUT2D eigenvalue weighted by atomic mass is 9.89. The summed E-state index contributed by atoms with van der Waals surface area (Å²) < 4.78 is 5.12. The van der Waals surface area contributed by atoms with Gasteiger partial charge in [0.1, 0.15) is 7.85 Å². The largest absolute Gasteiger partial charge is 0.309 e. The molecule has 0 amide bonds. The summed E-state index contributed by atoms with van der Waals surface area (Å²) >= 11 is 1.89. The third-order valence-electron chi connectivity index (χ3n) is 6.68. The van der Waals surface area contributed by atoms with Gasteiger partial charge in [-0.2, -0.15) is 0 Å². The van der Waals surface area contributed by atoms with Gasteiger partial charge in [0.2, 0.25) is 0 Å². The molecule has 0 radical (unpaired) electrons. The number of hydrogen-bond acceptors (Lipinski definition) is 1. The van der Waals surface area contributed by atoms with Gasteiger partial charge in [-0.1, -0.05) is 72.2 Å². The molecule has 154 valence electrons. The molecule has 0 N–H and O–H groups in total. The van der Waals surface area contributed by atoms with Crippen LogP contribution in [0.25, 0.3) is 58.8 Å². The van der Waals surface area contributed by atoms with E-state index in [1.165, 1.54) is 64.3 Å². The Morgan fingerprint density at radius 3 is 2.12 bits per heavy atom. The van der Waals surface area contributed by atoms with Gasteiger partial charge in [0.05, 0.1) is 11.0 Å². The highest BCUT2D eigenvalue weighted by atomic mass is 32.1. The number of fused-ring (bicyclic) bond motifs is 6. The van der Waals surface area contributed by atoms with E-state index in [1.54, 1.807) is 0 Å². The number of aromatic nitrogens is 1. The minimum Gasteiger partial charge on any atom is -0.309 e. The molecule has 3 heteroatoms. The lowest BCUT2D eigenvalue weighted by Crippen LogP contribution is -2.02. The zero-order valence-electron chi connectivity index (χ0n) is 18.2. The summed E-state index contributed by atoms with van der Waals surface area (Å²) in [5.41, 5.74) is 7.56. The summed E-state index contributed by atoms with van der Waals surface area (Å²) in [6.45, 7) is 0. The molecule has 1 nitrogen and oxygen atoms in total. The first-order valence-electron chi connectivity index (χ1n) is 11.3. The van der Waals surface area contributed by atoms with Crippen LogP contribution in [0, 0.1) is 0 Å². The fraction of sp³-hybridized carbons (Fsp3) is 0. The van der Waals surface area contributed by atoms with Crippen molar-refractivity contribution < 1.29 is 0 Å². The minimum atomic E-state index is 1.19. The Hall–Kier alpha value is -3.82. The molecule has 0 bridgehead atoms. The molecule has 0 atom stereocenters. The second kappa shape index (κ2) is 7.09. The first-order valence-corrected chi connectivity index (χ1v) is 12.1. The predicted octanol–water partition coefficient (Wildman–Crippen LogP) is 7.08. The zero-order chi connectivity index (χ0) is 21.9. The topological polar surface area (TPSA) is 4.93 Å². The van der Waals surface area contributed by atoms with E-state index in [2.05, 4.69) is 122 Å². The van der Waals surface area contributed by atoms with Crippen molar-refractivity contribution in [1.82, 2.24) is 4.57 Å². The molecule has 33 heavy (non-hydrogen) atoms. The monoisotopic (exact) mass is 437 g/mol. The molecule has 0 aliphatic heterocycles. The van der Waals surface area contributed by atoms with Crippen LogP contribution < -0.4 is 5.46 Å². The van der Waals surface area contributed by atoms with Gasteiger partial charge in [-0.3, -0.25) is 0 Å². The molecule has 2 heterocycles. The third kappa shape index (κ3) is 2.79. The van der Waals surface area contributed by atoms with Crippen molar-refractivity contribution in [3.8, 4) is 16.8 Å². The van der Waals surface area contributed by atoms with E-state index in [9.17, 15) is 0 Å². The summed E-state index contributed by atoms with van der Waals surface area (Å²) in [7, 11) is 2.24. The minimum absolute atomic E-state index is 1.19. The lowest BCUT2D eigenvalue weighted by molar-refractivity contribution is 1.18. The van der Waals surface area contributed by atoms with E-state index in [0.717, 1.165) is 0 Å². The van der Waals surface area contributed by atoms with Crippen LogP contribution in [0.5, 0.6) is 0 Å². The van der Waals surface area contributed by atoms with E-state index >= 15 is 0 Å². The smallest absolute Gasteiger partial charge is 0.141 e. The molecule has 0 aliphatic rings. The fourth-order valence-corrected chi connectivity index (χ4v) is 6.33. The van der Waals surface area contributed by atoms with Gasteiger partial charge in [-0.25, -0.2) is 0 Å². The number of benzene rings is 5. The van der Waals surface area contributed by atoms with Crippen molar-refractivity contribution >= 4 is 66.6 Å². The molecule has 0 saturated carbocycles. The van der Waals surface area contributed by atoms with Crippen LogP contribution in [-0.2, 0) is 0 Å². The first kappa shape index (κ1) is 18.7. The predicted molar refractivity (Wildman–Crippen MR) is 147 cm³/mol. The van der Waals surface area contributed by atoms with Gasteiger partial charge >= 0.3 is 0 Å². The Labute approximate surface area is 196 Å². The van der Waals surface area contributed by atoms with Crippen molar-refractivity contribution in [2.24, 2.45) is 0 Å². The Bertz CT molecular complexity index is 1830. The second-order valence-corrected chi connectivity index (χ2v) is 9.74. The number of hydrogen-bond donors (Lipinski definition) is 0. The maximum absolute atomic E-state index is 2.37. The second-order valence-electron chi connectivity index (χ2n) is 8.69. The number of rotatable bonds is 2. The SMILES string of the molecule is Bc1cc(-c2ccc3c(c2)c2ccccc2n3-c2ccccc2)cc2c1sc1ccccc12. The average molecular weight is 437 g/mol. The third-order valence-corrected chi connectivity index (χ3v) is 8.01. The van der Waals surface area contributed by atoms with Crippen LogP contribution in [0.15, 0.2) is 109 Å². The highest BCUT2D eigenvalue weighted by molar-refractivity contribution is 7.26. The van der Waals surface area contributed by atoms with Gasteiger partial charge in [0.15, 0.2) is 0 Å². The molecule has 2 aromatic heterocycles. The summed E-state index contributed by atoms with van der Waals surface area (Å²) in [5.74, 6) is 0. The van der Waals surface area contributed by atoms with E-state index in [0.29, 0.717) is 0 Å². The van der Waals surface area contributed by atoms with Crippen molar-refractivity contribution in [2.75, 3.05) is 0 Å². The van der Waals surface area contributed by atoms with Crippen molar-refractivity contribution in [3.05, 3.63) is 109 Å². The Kier molecular flexibility index (Phi) is 4.03. The van der Waals surface area contributed by atoms with Crippen LogP contribution in [0.4, 0.5) is 0 Å². The molecule has 0 unspecified atom stereocenters. The summed E-state index contributed by atoms with van der Waals surface area (Å²) in [4.78, 5) is 0. The normalized spacial score (nSPS) is 11.8. The summed E-state index contributed by atoms with van der Waals surface area (Å²) in [6.07, 6.45) is 0. The van der Waals surface area contributed by atoms with Gasteiger partial charge in [-0.05, 0) is 53.6 Å². The molecule has 0 spiro atoms.